The second kappa shape index (κ2) is 42.3. The Morgan fingerprint density at radius 1 is 0.250 bits per heavy atom. The number of hydrogen-bond acceptors (Lipinski definition) is 18. The number of rotatable bonds is 48. The van der Waals surface area contributed by atoms with Gasteiger partial charge in [-0.15, -0.1) is 0 Å². The van der Waals surface area contributed by atoms with Crippen molar-refractivity contribution >= 4 is 101 Å². The van der Waals surface area contributed by atoms with E-state index >= 15 is 0 Å². The van der Waals surface area contributed by atoms with Crippen LogP contribution in [-0.4, -0.2) is 210 Å². The summed E-state index contributed by atoms with van der Waals surface area (Å²) in [5.74, 6) is 0. The summed E-state index contributed by atoms with van der Waals surface area (Å²) in [6.07, 6.45) is 7.57. The molecule has 6 N–H and O–H groups in total. The van der Waals surface area contributed by atoms with Gasteiger partial charge in [0.1, 0.15) is 18.3 Å². The molecule has 510 valence electrons. The molecular formula is C54H138O18Si12. The fraction of sp³-hybridized carbons (Fsp3) is 1.00. The Kier molecular flexibility index (Phi) is 45.3. The zero-order valence-electron chi connectivity index (χ0n) is 59.3. The van der Waals surface area contributed by atoms with Crippen molar-refractivity contribution in [3.05, 3.63) is 0 Å². The van der Waals surface area contributed by atoms with E-state index in [4.69, 9.17) is 66.6 Å². The lowest BCUT2D eigenvalue weighted by Gasteiger charge is -2.42. The lowest BCUT2D eigenvalue weighted by atomic mass is 10.4. The normalized spacial score (nSPS) is 15.1. The largest absolute Gasteiger partial charge is 0.437 e. The van der Waals surface area contributed by atoms with Crippen molar-refractivity contribution in [3.63, 3.8) is 0 Å². The fourth-order valence-electron chi connectivity index (χ4n) is 10.6. The highest BCUT2D eigenvalue weighted by molar-refractivity contribution is 6.92. The Balaban J connectivity index is -0.00000118. The second-order valence-electron chi connectivity index (χ2n) is 29.2. The van der Waals surface area contributed by atoms with Crippen LogP contribution in [0.3, 0.4) is 0 Å². The van der Waals surface area contributed by atoms with Crippen LogP contribution in [0.1, 0.15) is 78.6 Å². The first-order valence-corrected chi connectivity index (χ1v) is 67.4. The topological polar surface area (TPSA) is 232 Å². The van der Waals surface area contributed by atoms with E-state index in [1.807, 2.05) is 0 Å². The maximum absolute atomic E-state index is 9.35. The highest BCUT2D eigenvalue weighted by Crippen LogP contribution is 2.31. The predicted octanol–water partition coefficient (Wildman–Crippen LogP) is 13.2. The molecule has 0 aromatic heterocycles. The summed E-state index contributed by atoms with van der Waals surface area (Å²) in [6.45, 7) is 60.9. The minimum atomic E-state index is -2.42. The summed E-state index contributed by atoms with van der Waals surface area (Å²) in [5.41, 5.74) is 0. The third-order valence-electron chi connectivity index (χ3n) is 12.8. The highest BCUT2D eigenvalue weighted by Gasteiger charge is 2.47. The van der Waals surface area contributed by atoms with Gasteiger partial charge in [0, 0.05) is 19.8 Å². The maximum Gasteiger partial charge on any atom is 0.314 e. The summed E-state index contributed by atoms with van der Waals surface area (Å²) in [7, 11) is -24.4. The number of ether oxygens (including phenoxy) is 3. The van der Waals surface area contributed by atoms with Crippen LogP contribution in [0.5, 0.6) is 0 Å². The summed E-state index contributed by atoms with van der Waals surface area (Å²) in [4.78, 5) is 0. The van der Waals surface area contributed by atoms with Crippen LogP contribution in [-0.2, 0) is 51.2 Å². The Hall–Kier alpha value is 1.88. The van der Waals surface area contributed by atoms with Crippen molar-refractivity contribution in [1.82, 2.24) is 0 Å². The molecule has 0 spiro atoms. The van der Waals surface area contributed by atoms with Crippen LogP contribution in [0.2, 0.25) is 193 Å². The molecule has 0 aromatic carbocycles. The van der Waals surface area contributed by atoms with Crippen LogP contribution < -0.4 is 0 Å². The highest BCUT2D eigenvalue weighted by atomic mass is 28.5. The smallest absolute Gasteiger partial charge is 0.314 e. The van der Waals surface area contributed by atoms with Crippen molar-refractivity contribution in [1.29, 1.82) is 0 Å². The van der Waals surface area contributed by atoms with E-state index in [9.17, 15) is 15.3 Å². The quantitative estimate of drug-likeness (QED) is 0.0246. The third-order valence-corrected chi connectivity index (χ3v) is 59.0. The molecule has 84 heavy (non-hydrogen) atoms. The first-order chi connectivity index (χ1) is 37.9. The van der Waals surface area contributed by atoms with Gasteiger partial charge in [-0.1, -0.05) is 59.3 Å². The summed E-state index contributed by atoms with van der Waals surface area (Å²) in [5, 5.41) is 54.3. The van der Waals surface area contributed by atoms with Crippen molar-refractivity contribution in [2.75, 3.05) is 59.5 Å². The molecule has 0 aliphatic carbocycles. The monoisotopic (exact) mass is 1410 g/mol. The molecule has 30 heteroatoms. The first kappa shape index (κ1) is 90.1. The summed E-state index contributed by atoms with van der Waals surface area (Å²) in [6, 6.07) is 6.48. The van der Waals surface area contributed by atoms with E-state index < -0.39 is 120 Å². The van der Waals surface area contributed by atoms with Gasteiger partial charge in [-0.05, 0) is 213 Å². The molecule has 18 nitrogen and oxygen atoms in total. The van der Waals surface area contributed by atoms with Gasteiger partial charge in [0.25, 0.3) is 0 Å². The van der Waals surface area contributed by atoms with Gasteiger partial charge < -0.3 is 81.9 Å². The Labute approximate surface area is 529 Å². The molecule has 3 atom stereocenters. The van der Waals surface area contributed by atoms with Crippen LogP contribution in [0.15, 0.2) is 0 Å². The second-order valence-corrected chi connectivity index (χ2v) is 77.5. The van der Waals surface area contributed by atoms with Gasteiger partial charge >= 0.3 is 51.4 Å². The van der Waals surface area contributed by atoms with Crippen molar-refractivity contribution in [2.45, 2.75) is 290 Å². The van der Waals surface area contributed by atoms with Crippen molar-refractivity contribution in [2.24, 2.45) is 0 Å². The molecule has 0 saturated heterocycles. The molecule has 0 aliphatic heterocycles. The predicted molar refractivity (Wildman–Crippen MR) is 379 cm³/mol. The molecule has 3 unspecified atom stereocenters. The SMILES string of the molecule is CCCC[Si](C)(C)O[Si](C)(C)O[Si](C)(C)CCCOCC(O)CO.CCCC[Si](C)(C)O[Si](C)(C)O[Si](C)(C)O[Si](C)(C)CCCOCC(O)CO.CCCC[Si](C)(C)O[Si](C)(C)O[Si](C)(C)O[Si](C)(C)O[Si](C)(C)CCCOCC(O)CO. The summed E-state index contributed by atoms with van der Waals surface area (Å²) < 4.78 is 75.5. The van der Waals surface area contributed by atoms with E-state index in [1.54, 1.807) is 0 Å². The Morgan fingerprint density at radius 3 is 0.571 bits per heavy atom. The molecule has 0 amide bonds. The van der Waals surface area contributed by atoms with E-state index in [0.29, 0.717) is 19.8 Å². The van der Waals surface area contributed by atoms with E-state index in [1.165, 1.54) is 50.6 Å². The zero-order chi connectivity index (χ0) is 66.2. The maximum atomic E-state index is 9.35. The molecule has 0 aliphatic rings. The number of unbranched alkanes of at least 4 members (excludes halogenated alkanes) is 3. The standard InChI is InChI=1S/C20H52O7Si5.C18H46O6Si4.C16H40O5Si3/c1-12-13-16-28(2,3)24-30(6,7)26-32(10,11)27-31(8,9)25-29(4,5)17-14-15-23-19-20(22)18-21;1-10-11-14-25(2,3)22-27(6,7)24-28(8,9)23-26(4,5)15-12-13-21-17-18(20)16-19;1-8-9-12-22(2,3)20-24(6,7)21-23(4,5)13-10-11-19-15-16(18)14-17/h20-22H,12-19H2,1-11H3;18-20H,10-17H2,1-9H3;16-18H,8-15H2,1-7H3. The van der Waals surface area contributed by atoms with E-state index in [0.717, 1.165) is 43.4 Å². The third kappa shape index (κ3) is 53.4. The minimum absolute atomic E-state index is 0.166. The average Bonchev–Trinajstić information content (AvgIpc) is 3.44. The van der Waals surface area contributed by atoms with E-state index in [2.05, 4.69) is 178 Å². The van der Waals surface area contributed by atoms with Gasteiger partial charge in [-0.2, -0.15) is 0 Å². The van der Waals surface area contributed by atoms with Gasteiger partial charge in [-0.25, -0.2) is 0 Å². The van der Waals surface area contributed by atoms with Crippen LogP contribution in [0, 0.1) is 0 Å². The first-order valence-electron chi connectivity index (χ1n) is 31.8. The zero-order valence-corrected chi connectivity index (χ0v) is 71.3. The van der Waals surface area contributed by atoms with Crippen LogP contribution in [0.25, 0.3) is 0 Å². The molecule has 0 rings (SSSR count). The fourth-order valence-corrected chi connectivity index (χ4v) is 69.1. The Bertz CT molecular complexity index is 1670. The molecule has 0 radical (unpaired) electrons. The van der Waals surface area contributed by atoms with Crippen molar-refractivity contribution < 1.29 is 81.9 Å². The van der Waals surface area contributed by atoms with Gasteiger partial charge in [0.2, 0.25) is 0 Å². The van der Waals surface area contributed by atoms with Crippen LogP contribution in [0.4, 0.5) is 0 Å². The molecule has 0 aromatic rings. The van der Waals surface area contributed by atoms with Gasteiger partial charge in [0.05, 0.1) is 39.6 Å². The number of aliphatic hydroxyl groups excluding tert-OH is 6. The molecule has 0 saturated carbocycles. The van der Waals surface area contributed by atoms with Crippen LogP contribution >= 0.6 is 0 Å². The van der Waals surface area contributed by atoms with Gasteiger partial charge in [-0.3, -0.25) is 0 Å². The molecule has 0 bridgehead atoms. The average molecular weight is 1410 g/mol. The number of hydrogen-bond donors (Lipinski definition) is 6. The molecule has 0 heterocycles. The van der Waals surface area contributed by atoms with Gasteiger partial charge in [0.15, 0.2) is 49.9 Å². The number of aliphatic hydroxyl groups is 6. The minimum Gasteiger partial charge on any atom is -0.437 e. The molecule has 0 fully saturated rings. The lowest BCUT2D eigenvalue weighted by molar-refractivity contribution is 0.00638. The van der Waals surface area contributed by atoms with E-state index in [-0.39, 0.29) is 39.6 Å². The lowest BCUT2D eigenvalue weighted by Crippen LogP contribution is -2.58. The summed E-state index contributed by atoms with van der Waals surface area (Å²) >= 11 is 0. The van der Waals surface area contributed by atoms with Crippen molar-refractivity contribution in [3.8, 4) is 0 Å². The molecular weight excluding hydrogens is 1270 g/mol. The Morgan fingerprint density at radius 2 is 0.405 bits per heavy atom.